The molecule has 4 rings (SSSR count). The summed E-state index contributed by atoms with van der Waals surface area (Å²) < 4.78 is 5.76. The number of fused-ring (bicyclic) bond motifs is 1. The van der Waals surface area contributed by atoms with Gasteiger partial charge in [0.15, 0.2) is 5.82 Å². The molecule has 0 aliphatic carbocycles. The average molecular weight is 372 g/mol. The highest BCUT2D eigenvalue weighted by atomic mass is 16.5. The van der Waals surface area contributed by atoms with Gasteiger partial charge in [-0.3, -0.25) is 9.78 Å². The van der Waals surface area contributed by atoms with Gasteiger partial charge in [0.1, 0.15) is 5.75 Å². The van der Waals surface area contributed by atoms with Crippen LogP contribution < -0.4 is 10.1 Å². The van der Waals surface area contributed by atoms with E-state index in [1.165, 1.54) is 0 Å². The van der Waals surface area contributed by atoms with Crippen LogP contribution in [0.1, 0.15) is 35.3 Å². The minimum Gasteiger partial charge on any atom is -0.492 e. The molecule has 1 N–H and O–H groups in total. The summed E-state index contributed by atoms with van der Waals surface area (Å²) in [6, 6.07) is 12.8. The summed E-state index contributed by atoms with van der Waals surface area (Å²) in [5.41, 5.74) is 3.08. The summed E-state index contributed by atoms with van der Waals surface area (Å²) in [5, 5.41) is 2.91. The lowest BCUT2D eigenvalue weighted by Crippen LogP contribution is -2.18. The SMILES string of the molecule is CC1(C)COc2cc(NC(=O)c3cccnc3N=Cc3ccncc3)ccc21. The van der Waals surface area contributed by atoms with Crippen LogP contribution >= 0.6 is 0 Å². The zero-order valence-corrected chi connectivity index (χ0v) is 15.7. The Labute approximate surface area is 163 Å². The highest BCUT2D eigenvalue weighted by Gasteiger charge is 2.31. The van der Waals surface area contributed by atoms with Gasteiger partial charge >= 0.3 is 0 Å². The monoisotopic (exact) mass is 372 g/mol. The number of carbonyl (C=O) groups is 1. The van der Waals surface area contributed by atoms with Crippen LogP contribution in [0, 0.1) is 0 Å². The van der Waals surface area contributed by atoms with Gasteiger partial charge in [0.2, 0.25) is 0 Å². The Morgan fingerprint density at radius 1 is 1.18 bits per heavy atom. The van der Waals surface area contributed by atoms with Crippen molar-refractivity contribution in [3.05, 3.63) is 77.7 Å². The van der Waals surface area contributed by atoms with E-state index in [0.29, 0.717) is 23.7 Å². The fourth-order valence-electron chi connectivity index (χ4n) is 3.08. The van der Waals surface area contributed by atoms with E-state index in [2.05, 4.69) is 34.1 Å². The fraction of sp³-hybridized carbons (Fsp3) is 0.182. The van der Waals surface area contributed by atoms with Gasteiger partial charge in [-0.2, -0.15) is 0 Å². The van der Waals surface area contributed by atoms with E-state index in [9.17, 15) is 4.79 Å². The van der Waals surface area contributed by atoms with Gasteiger partial charge < -0.3 is 10.1 Å². The van der Waals surface area contributed by atoms with Gasteiger partial charge in [0, 0.05) is 47.5 Å². The number of benzene rings is 1. The van der Waals surface area contributed by atoms with Crippen LogP contribution in [0.4, 0.5) is 11.5 Å². The first-order chi connectivity index (χ1) is 13.5. The summed E-state index contributed by atoms with van der Waals surface area (Å²) in [7, 11) is 0. The molecule has 0 radical (unpaired) electrons. The molecule has 0 bridgehead atoms. The normalized spacial score (nSPS) is 14.5. The first kappa shape index (κ1) is 17.9. The Bertz CT molecular complexity index is 1050. The highest BCUT2D eigenvalue weighted by molar-refractivity contribution is 6.07. The molecule has 3 aromatic rings. The maximum Gasteiger partial charge on any atom is 0.259 e. The van der Waals surface area contributed by atoms with Crippen LogP contribution in [-0.2, 0) is 5.41 Å². The highest BCUT2D eigenvalue weighted by Crippen LogP contribution is 2.39. The van der Waals surface area contributed by atoms with Crippen LogP contribution in [0.3, 0.4) is 0 Å². The number of carbonyl (C=O) groups excluding carboxylic acids is 1. The van der Waals surface area contributed by atoms with Crippen LogP contribution in [0.5, 0.6) is 5.75 Å². The van der Waals surface area contributed by atoms with E-state index in [4.69, 9.17) is 4.74 Å². The van der Waals surface area contributed by atoms with Crippen molar-refractivity contribution in [2.24, 2.45) is 4.99 Å². The van der Waals surface area contributed by atoms with Crippen LogP contribution in [0.15, 0.2) is 66.0 Å². The molecule has 1 aliphatic heterocycles. The number of anilines is 1. The standard InChI is InChI=1S/C22H20N4O2/c1-22(2)14-28-19-12-16(5-6-18(19)22)26-21(27)17-4-3-9-24-20(17)25-13-15-7-10-23-11-8-15/h3-13H,14H2,1-2H3,(H,26,27). The molecular formula is C22H20N4O2. The molecule has 6 heteroatoms. The van der Waals surface area contributed by atoms with E-state index >= 15 is 0 Å². The second-order valence-corrected chi connectivity index (χ2v) is 7.25. The molecule has 0 saturated carbocycles. The van der Waals surface area contributed by atoms with Crippen LogP contribution in [0.25, 0.3) is 0 Å². The molecule has 0 atom stereocenters. The molecule has 6 nitrogen and oxygen atoms in total. The molecule has 0 spiro atoms. The topological polar surface area (TPSA) is 76.5 Å². The number of aliphatic imine (C=N–C) groups is 1. The lowest BCUT2D eigenvalue weighted by molar-refractivity contribution is 0.102. The van der Waals surface area contributed by atoms with E-state index in [-0.39, 0.29) is 11.3 Å². The Balaban J connectivity index is 1.56. The van der Waals surface area contributed by atoms with Crippen molar-refractivity contribution in [1.29, 1.82) is 0 Å². The number of hydrogen-bond donors (Lipinski definition) is 1. The molecular weight excluding hydrogens is 352 g/mol. The number of ether oxygens (including phenoxy) is 1. The second kappa shape index (κ2) is 7.23. The van der Waals surface area contributed by atoms with Gasteiger partial charge in [-0.25, -0.2) is 9.98 Å². The van der Waals surface area contributed by atoms with Crippen molar-refractivity contribution < 1.29 is 9.53 Å². The minimum atomic E-state index is -0.271. The van der Waals surface area contributed by atoms with Crippen molar-refractivity contribution in [3.63, 3.8) is 0 Å². The maximum atomic E-state index is 12.8. The van der Waals surface area contributed by atoms with Crippen LogP contribution in [-0.4, -0.2) is 28.7 Å². The fourth-order valence-corrected chi connectivity index (χ4v) is 3.08. The van der Waals surface area contributed by atoms with E-state index in [1.54, 1.807) is 36.9 Å². The van der Waals surface area contributed by atoms with Crippen molar-refractivity contribution in [1.82, 2.24) is 9.97 Å². The summed E-state index contributed by atoms with van der Waals surface area (Å²) in [6.07, 6.45) is 6.64. The van der Waals surface area contributed by atoms with Gasteiger partial charge in [-0.1, -0.05) is 19.9 Å². The van der Waals surface area contributed by atoms with Gasteiger partial charge in [0.25, 0.3) is 5.91 Å². The number of rotatable bonds is 4. The van der Waals surface area contributed by atoms with E-state index < -0.39 is 0 Å². The molecule has 1 amide bonds. The maximum absolute atomic E-state index is 12.8. The lowest BCUT2D eigenvalue weighted by Gasteiger charge is -2.15. The molecule has 140 valence electrons. The lowest BCUT2D eigenvalue weighted by atomic mass is 9.87. The third-order valence-corrected chi connectivity index (χ3v) is 4.63. The smallest absolute Gasteiger partial charge is 0.259 e. The average Bonchev–Trinajstić information content (AvgIpc) is 3.01. The number of nitrogens with one attached hydrogen (secondary N) is 1. The molecule has 0 unspecified atom stereocenters. The summed E-state index contributed by atoms with van der Waals surface area (Å²) >= 11 is 0. The largest absolute Gasteiger partial charge is 0.492 e. The van der Waals surface area contributed by atoms with Gasteiger partial charge in [-0.15, -0.1) is 0 Å². The van der Waals surface area contributed by atoms with Crippen molar-refractivity contribution >= 4 is 23.6 Å². The summed E-state index contributed by atoms with van der Waals surface area (Å²) in [4.78, 5) is 25.4. The third kappa shape index (κ3) is 3.62. The first-order valence-corrected chi connectivity index (χ1v) is 9.01. The predicted molar refractivity (Wildman–Crippen MR) is 109 cm³/mol. The van der Waals surface area contributed by atoms with E-state index in [1.807, 2.05) is 30.3 Å². The number of pyridine rings is 2. The van der Waals surface area contributed by atoms with Crippen molar-refractivity contribution in [2.45, 2.75) is 19.3 Å². The molecule has 1 aliphatic rings. The zero-order valence-electron chi connectivity index (χ0n) is 15.7. The zero-order chi connectivity index (χ0) is 19.6. The second-order valence-electron chi connectivity index (χ2n) is 7.25. The predicted octanol–water partition coefficient (Wildman–Crippen LogP) is 4.15. The number of hydrogen-bond acceptors (Lipinski definition) is 5. The number of nitrogens with zero attached hydrogens (tertiary/aromatic N) is 3. The number of amides is 1. The quantitative estimate of drug-likeness (QED) is 0.698. The molecule has 0 fully saturated rings. The Hall–Kier alpha value is -3.54. The van der Waals surface area contributed by atoms with Crippen LogP contribution in [0.2, 0.25) is 0 Å². The Kier molecular flexibility index (Phi) is 4.61. The molecule has 0 saturated heterocycles. The summed E-state index contributed by atoms with van der Waals surface area (Å²) in [5.74, 6) is 0.896. The van der Waals surface area contributed by atoms with Gasteiger partial charge in [-0.05, 0) is 35.9 Å². The Morgan fingerprint density at radius 2 is 2.00 bits per heavy atom. The number of aromatic nitrogens is 2. The summed E-state index contributed by atoms with van der Waals surface area (Å²) in [6.45, 7) is 4.91. The molecule has 28 heavy (non-hydrogen) atoms. The van der Waals surface area contributed by atoms with Gasteiger partial charge in [0.05, 0.1) is 12.2 Å². The van der Waals surface area contributed by atoms with Crippen molar-refractivity contribution in [3.8, 4) is 5.75 Å². The third-order valence-electron chi connectivity index (χ3n) is 4.63. The Morgan fingerprint density at radius 3 is 2.82 bits per heavy atom. The van der Waals surface area contributed by atoms with Crippen molar-refractivity contribution in [2.75, 3.05) is 11.9 Å². The molecule has 3 heterocycles. The molecule has 2 aromatic heterocycles. The molecule has 1 aromatic carbocycles. The first-order valence-electron chi connectivity index (χ1n) is 9.01. The minimum absolute atomic E-state index is 0.0178. The van der Waals surface area contributed by atoms with E-state index in [0.717, 1.165) is 16.9 Å².